The lowest BCUT2D eigenvalue weighted by molar-refractivity contribution is 0.0773. The summed E-state index contributed by atoms with van der Waals surface area (Å²) in [7, 11) is 0. The van der Waals surface area contributed by atoms with Crippen molar-refractivity contribution in [2.24, 2.45) is 5.73 Å². The van der Waals surface area contributed by atoms with Crippen LogP contribution in [-0.4, -0.2) is 5.60 Å². The van der Waals surface area contributed by atoms with Crippen molar-refractivity contribution in [3.8, 4) is 5.75 Å². The Bertz CT molecular complexity index is 355. The van der Waals surface area contributed by atoms with E-state index in [1.807, 2.05) is 18.2 Å². The molecule has 2 nitrogen and oxygen atoms in total. The maximum absolute atomic E-state index is 6.26. The second kappa shape index (κ2) is 2.74. The molecule has 0 amide bonds. The van der Waals surface area contributed by atoms with Crippen molar-refractivity contribution in [2.75, 3.05) is 0 Å². The van der Waals surface area contributed by atoms with E-state index in [4.69, 9.17) is 10.5 Å². The zero-order valence-electron chi connectivity index (χ0n) is 8.20. The fourth-order valence-electron chi connectivity index (χ4n) is 2.78. The van der Waals surface area contributed by atoms with E-state index in [1.165, 1.54) is 18.4 Å². The molecule has 1 atom stereocenters. The van der Waals surface area contributed by atoms with Crippen molar-refractivity contribution >= 4 is 0 Å². The first kappa shape index (κ1) is 8.30. The third-order valence-electron chi connectivity index (χ3n) is 3.58. The Labute approximate surface area is 84.1 Å². The van der Waals surface area contributed by atoms with Crippen LogP contribution in [0.1, 0.15) is 37.3 Å². The van der Waals surface area contributed by atoms with E-state index in [1.54, 1.807) is 0 Å². The van der Waals surface area contributed by atoms with Gasteiger partial charge in [0.1, 0.15) is 11.4 Å². The second-order valence-corrected chi connectivity index (χ2v) is 4.39. The molecule has 74 valence electrons. The van der Waals surface area contributed by atoms with Crippen LogP contribution in [0.15, 0.2) is 24.3 Å². The molecule has 14 heavy (non-hydrogen) atoms. The van der Waals surface area contributed by atoms with Gasteiger partial charge in [0, 0.05) is 5.56 Å². The highest BCUT2D eigenvalue weighted by Crippen LogP contribution is 2.49. The van der Waals surface area contributed by atoms with Crippen LogP contribution in [0, 0.1) is 0 Å². The summed E-state index contributed by atoms with van der Waals surface area (Å²) < 4.78 is 6.04. The Morgan fingerprint density at radius 1 is 1.21 bits per heavy atom. The summed E-state index contributed by atoms with van der Waals surface area (Å²) >= 11 is 0. The van der Waals surface area contributed by atoms with E-state index in [9.17, 15) is 0 Å². The van der Waals surface area contributed by atoms with Crippen LogP contribution >= 0.6 is 0 Å². The van der Waals surface area contributed by atoms with Crippen LogP contribution in [0.3, 0.4) is 0 Å². The maximum atomic E-state index is 6.26. The number of hydrogen-bond donors (Lipinski definition) is 1. The molecule has 2 aliphatic rings. The second-order valence-electron chi connectivity index (χ2n) is 4.39. The molecule has 2 N–H and O–H groups in total. The van der Waals surface area contributed by atoms with Gasteiger partial charge in [-0.2, -0.15) is 0 Å². The quantitative estimate of drug-likeness (QED) is 0.680. The van der Waals surface area contributed by atoms with Gasteiger partial charge in [-0.1, -0.05) is 18.2 Å². The number of nitrogens with two attached hydrogens (primary N) is 1. The lowest BCUT2D eigenvalue weighted by Gasteiger charge is -2.27. The smallest absolute Gasteiger partial charge is 0.128 e. The minimum Gasteiger partial charge on any atom is -0.485 e. The Morgan fingerprint density at radius 3 is 2.64 bits per heavy atom. The molecule has 1 aliphatic heterocycles. The van der Waals surface area contributed by atoms with Crippen molar-refractivity contribution in [1.82, 2.24) is 0 Å². The topological polar surface area (TPSA) is 35.2 Å². The van der Waals surface area contributed by atoms with Crippen LogP contribution in [0.2, 0.25) is 0 Å². The van der Waals surface area contributed by atoms with Crippen LogP contribution in [0.5, 0.6) is 5.75 Å². The summed E-state index contributed by atoms with van der Waals surface area (Å²) in [5.74, 6) is 1.00. The molecule has 1 aromatic carbocycles. The van der Waals surface area contributed by atoms with Gasteiger partial charge in [-0.05, 0) is 31.7 Å². The number of rotatable bonds is 0. The van der Waals surface area contributed by atoms with Crippen molar-refractivity contribution < 1.29 is 4.74 Å². The Balaban J connectivity index is 2.04. The molecule has 1 fully saturated rings. The predicted molar refractivity (Wildman–Crippen MR) is 55.2 cm³/mol. The number of ether oxygens (including phenoxy) is 1. The number of benzene rings is 1. The van der Waals surface area contributed by atoms with Gasteiger partial charge >= 0.3 is 0 Å². The van der Waals surface area contributed by atoms with Gasteiger partial charge in [0.25, 0.3) is 0 Å². The molecule has 0 bridgehead atoms. The normalized spacial score (nSPS) is 27.6. The zero-order chi connectivity index (χ0) is 9.60. The van der Waals surface area contributed by atoms with Gasteiger partial charge in [-0.3, -0.25) is 0 Å². The molecule has 0 saturated heterocycles. The van der Waals surface area contributed by atoms with Gasteiger partial charge in [-0.15, -0.1) is 0 Å². The predicted octanol–water partition coefficient (Wildman–Crippen LogP) is 2.39. The molecule has 1 aliphatic carbocycles. The molecule has 2 heteroatoms. The standard InChI is InChI=1S/C12H15NO/c13-11-9-5-1-2-6-10(9)14-12(11)7-3-4-8-12/h1-2,5-6,11H,3-4,7-8,13H2. The van der Waals surface area contributed by atoms with Crippen LogP contribution in [-0.2, 0) is 0 Å². The zero-order valence-corrected chi connectivity index (χ0v) is 8.20. The van der Waals surface area contributed by atoms with Gasteiger partial charge in [0.05, 0.1) is 6.04 Å². The molecule has 1 unspecified atom stereocenters. The van der Waals surface area contributed by atoms with Gasteiger partial charge in [0.2, 0.25) is 0 Å². The molecule has 0 radical (unpaired) electrons. The van der Waals surface area contributed by atoms with Crippen LogP contribution in [0.4, 0.5) is 0 Å². The van der Waals surface area contributed by atoms with E-state index in [0.717, 1.165) is 18.6 Å². The van der Waals surface area contributed by atoms with Crippen molar-refractivity contribution in [2.45, 2.75) is 37.3 Å². The average molecular weight is 189 g/mol. The highest BCUT2D eigenvalue weighted by atomic mass is 16.5. The van der Waals surface area contributed by atoms with E-state index in [2.05, 4.69) is 6.07 Å². The lowest BCUT2D eigenvalue weighted by Crippen LogP contribution is -2.39. The third kappa shape index (κ3) is 0.947. The fourth-order valence-corrected chi connectivity index (χ4v) is 2.78. The monoisotopic (exact) mass is 189 g/mol. The van der Waals surface area contributed by atoms with Gasteiger partial charge in [0.15, 0.2) is 0 Å². The van der Waals surface area contributed by atoms with Crippen molar-refractivity contribution in [3.05, 3.63) is 29.8 Å². The molecule has 1 spiro atoms. The molecule has 1 saturated carbocycles. The van der Waals surface area contributed by atoms with Crippen LogP contribution in [0.25, 0.3) is 0 Å². The molecule has 1 heterocycles. The van der Waals surface area contributed by atoms with Crippen molar-refractivity contribution in [3.63, 3.8) is 0 Å². The molecule has 1 aromatic rings. The molecule has 3 rings (SSSR count). The van der Waals surface area contributed by atoms with E-state index < -0.39 is 0 Å². The van der Waals surface area contributed by atoms with E-state index in [-0.39, 0.29) is 11.6 Å². The van der Waals surface area contributed by atoms with E-state index >= 15 is 0 Å². The van der Waals surface area contributed by atoms with Gasteiger partial charge < -0.3 is 10.5 Å². The summed E-state index contributed by atoms with van der Waals surface area (Å²) in [6, 6.07) is 8.26. The Hall–Kier alpha value is -1.02. The van der Waals surface area contributed by atoms with Crippen LogP contribution < -0.4 is 10.5 Å². The Kier molecular flexibility index (Phi) is 1.62. The SMILES string of the molecule is NC1c2ccccc2OC12CCCC2. The summed E-state index contributed by atoms with van der Waals surface area (Å²) in [6.07, 6.45) is 4.73. The first-order valence-corrected chi connectivity index (χ1v) is 5.35. The van der Waals surface area contributed by atoms with Crippen molar-refractivity contribution in [1.29, 1.82) is 0 Å². The number of para-hydroxylation sites is 1. The fraction of sp³-hybridized carbons (Fsp3) is 0.500. The minimum atomic E-state index is -0.0658. The highest BCUT2D eigenvalue weighted by Gasteiger charge is 2.47. The van der Waals surface area contributed by atoms with E-state index in [0.29, 0.717) is 0 Å². The Morgan fingerprint density at radius 2 is 1.93 bits per heavy atom. The van der Waals surface area contributed by atoms with Gasteiger partial charge in [-0.25, -0.2) is 0 Å². The number of hydrogen-bond acceptors (Lipinski definition) is 2. The summed E-state index contributed by atoms with van der Waals surface area (Å²) in [4.78, 5) is 0. The first-order chi connectivity index (χ1) is 6.82. The molecular weight excluding hydrogens is 174 g/mol. The minimum absolute atomic E-state index is 0.0658. The summed E-state index contributed by atoms with van der Waals surface area (Å²) in [6.45, 7) is 0. The lowest BCUT2D eigenvalue weighted by atomic mass is 9.90. The largest absolute Gasteiger partial charge is 0.485 e. The molecule has 0 aromatic heterocycles. The highest BCUT2D eigenvalue weighted by molar-refractivity contribution is 5.42. The average Bonchev–Trinajstić information content (AvgIpc) is 2.77. The third-order valence-corrected chi connectivity index (χ3v) is 3.58. The number of fused-ring (bicyclic) bond motifs is 1. The molecular formula is C12H15NO. The summed E-state index contributed by atoms with van der Waals surface area (Å²) in [5, 5.41) is 0. The maximum Gasteiger partial charge on any atom is 0.128 e. The summed E-state index contributed by atoms with van der Waals surface area (Å²) in [5.41, 5.74) is 7.39. The first-order valence-electron chi connectivity index (χ1n) is 5.35.